The van der Waals surface area contributed by atoms with Crippen molar-refractivity contribution >= 4 is 23.3 Å². The summed E-state index contributed by atoms with van der Waals surface area (Å²) in [6.45, 7) is 1.49. The minimum Gasteiger partial charge on any atom is -0.399 e. The van der Waals surface area contributed by atoms with Crippen LogP contribution in [0, 0.1) is 11.3 Å². The average Bonchev–Trinajstić information content (AvgIpc) is 3.21. The van der Waals surface area contributed by atoms with Gasteiger partial charge in [-0.1, -0.05) is 18.2 Å². The number of anilines is 2. The molecule has 1 saturated heterocycles. The Morgan fingerprint density at radius 1 is 1.11 bits per heavy atom. The fourth-order valence-electron chi connectivity index (χ4n) is 3.00. The molecule has 8 nitrogen and oxygen atoms in total. The number of amides is 3. The van der Waals surface area contributed by atoms with Gasteiger partial charge in [0, 0.05) is 25.3 Å². The number of urea groups is 1. The number of nitrogens with zero attached hydrogens (tertiary/aromatic N) is 3. The molecule has 1 fully saturated rings. The van der Waals surface area contributed by atoms with E-state index in [4.69, 9.17) is 11.0 Å². The molecule has 0 aliphatic carbocycles. The highest BCUT2D eigenvalue weighted by Crippen LogP contribution is 2.22. The minimum absolute atomic E-state index is 0.109. The first-order valence-corrected chi connectivity index (χ1v) is 9.01. The number of rotatable bonds is 5. The molecule has 3 amide bonds. The van der Waals surface area contributed by atoms with Gasteiger partial charge in [-0.25, -0.2) is 4.79 Å². The fourth-order valence-corrected chi connectivity index (χ4v) is 3.00. The monoisotopic (exact) mass is 378 g/mol. The number of carbonyl (C=O) groups excluding carboxylic acids is 2. The Morgan fingerprint density at radius 3 is 2.64 bits per heavy atom. The van der Waals surface area contributed by atoms with E-state index in [-0.39, 0.29) is 12.5 Å². The molecule has 144 valence electrons. The highest BCUT2D eigenvalue weighted by Gasteiger charge is 2.27. The second-order valence-corrected chi connectivity index (χ2v) is 6.43. The van der Waals surface area contributed by atoms with Crippen LogP contribution in [-0.2, 0) is 11.3 Å². The van der Waals surface area contributed by atoms with Gasteiger partial charge in [-0.3, -0.25) is 14.8 Å². The smallest absolute Gasteiger partial charge is 0.315 e. The third-order valence-corrected chi connectivity index (χ3v) is 4.43. The number of carbonyl (C=O) groups is 2. The van der Waals surface area contributed by atoms with E-state index in [0.717, 1.165) is 17.7 Å². The first kappa shape index (κ1) is 19.0. The van der Waals surface area contributed by atoms with Gasteiger partial charge in [0.2, 0.25) is 0 Å². The summed E-state index contributed by atoms with van der Waals surface area (Å²) >= 11 is 0. The van der Waals surface area contributed by atoms with Crippen molar-refractivity contribution in [2.45, 2.75) is 13.0 Å². The van der Waals surface area contributed by atoms with Gasteiger partial charge in [0.05, 0.1) is 17.3 Å². The lowest BCUT2D eigenvalue weighted by molar-refractivity contribution is -0.129. The number of hydrogen-bond acceptors (Lipinski definition) is 5. The molecular formula is C20H22N6O2. The molecule has 0 radical (unpaired) electrons. The van der Waals surface area contributed by atoms with Crippen LogP contribution in [0.4, 0.5) is 16.2 Å². The summed E-state index contributed by atoms with van der Waals surface area (Å²) in [5.41, 5.74) is 8.54. The Balaban J connectivity index is 1.51. The number of nitrogens with two attached hydrogens (primary N) is 1. The molecule has 0 saturated carbocycles. The summed E-state index contributed by atoms with van der Waals surface area (Å²) in [5.74, 6) is -0.206. The fraction of sp³-hybridized carbons (Fsp3) is 0.250. The Kier molecular flexibility index (Phi) is 5.97. The highest BCUT2D eigenvalue weighted by atomic mass is 16.2. The molecule has 8 heteroatoms. The zero-order chi connectivity index (χ0) is 19.9. The highest BCUT2D eigenvalue weighted by molar-refractivity contribution is 5.85. The Hall–Kier alpha value is -3.73. The normalized spacial score (nSPS) is 13.1. The molecule has 0 unspecified atom stereocenters. The van der Waals surface area contributed by atoms with Crippen molar-refractivity contribution < 1.29 is 9.59 Å². The van der Waals surface area contributed by atoms with Crippen LogP contribution in [0.15, 0.2) is 48.5 Å². The molecular weight excluding hydrogens is 356 g/mol. The summed E-state index contributed by atoms with van der Waals surface area (Å²) < 4.78 is 0. The number of hydrogen-bond donors (Lipinski definition) is 3. The lowest BCUT2D eigenvalue weighted by Gasteiger charge is -2.30. The van der Waals surface area contributed by atoms with E-state index >= 15 is 0 Å². The van der Waals surface area contributed by atoms with E-state index in [1.54, 1.807) is 35.3 Å². The van der Waals surface area contributed by atoms with Gasteiger partial charge in [0.1, 0.15) is 6.54 Å². The maximum atomic E-state index is 12.6. The summed E-state index contributed by atoms with van der Waals surface area (Å²) in [7, 11) is 0. The number of nitrogen functional groups attached to an aromatic ring is 1. The van der Waals surface area contributed by atoms with Crippen molar-refractivity contribution in [3.05, 3.63) is 59.7 Å². The maximum Gasteiger partial charge on any atom is 0.315 e. The van der Waals surface area contributed by atoms with E-state index in [0.29, 0.717) is 30.9 Å². The number of nitriles is 1. The largest absolute Gasteiger partial charge is 0.399 e. The Bertz CT molecular complexity index is 890. The van der Waals surface area contributed by atoms with Crippen LogP contribution in [0.2, 0.25) is 0 Å². The lowest BCUT2D eigenvalue weighted by atomic mass is 10.2. The average molecular weight is 378 g/mol. The van der Waals surface area contributed by atoms with E-state index in [1.807, 2.05) is 23.2 Å². The molecule has 1 aliphatic rings. The van der Waals surface area contributed by atoms with Crippen LogP contribution in [0.3, 0.4) is 0 Å². The van der Waals surface area contributed by atoms with Gasteiger partial charge in [-0.05, 0) is 42.3 Å². The predicted octanol–water partition coefficient (Wildman–Crippen LogP) is 1.59. The van der Waals surface area contributed by atoms with Crippen molar-refractivity contribution in [2.75, 3.05) is 30.4 Å². The molecule has 0 atom stereocenters. The second-order valence-electron chi connectivity index (χ2n) is 6.43. The summed E-state index contributed by atoms with van der Waals surface area (Å²) in [4.78, 5) is 24.5. The molecule has 3 rings (SSSR count). The van der Waals surface area contributed by atoms with E-state index in [1.165, 1.54) is 0 Å². The molecule has 1 aliphatic heterocycles. The predicted molar refractivity (Wildman–Crippen MR) is 106 cm³/mol. The van der Waals surface area contributed by atoms with Crippen molar-refractivity contribution in [1.82, 2.24) is 15.6 Å². The van der Waals surface area contributed by atoms with Crippen LogP contribution in [-0.4, -0.2) is 36.6 Å². The first-order chi connectivity index (χ1) is 13.6. The van der Waals surface area contributed by atoms with E-state index in [9.17, 15) is 9.59 Å². The standard InChI is InChI=1S/C20H22N6O2/c21-12-16-3-1-4-18(11-16)25-9-2-10-26(25)19(27)14-24-20(28)23-13-15-5-7-17(22)8-6-15/h1,3-8,11H,2,9-10,13-14,22H2,(H2,23,24,28). The Morgan fingerprint density at radius 2 is 1.89 bits per heavy atom. The van der Waals surface area contributed by atoms with Gasteiger partial charge in [-0.15, -0.1) is 0 Å². The third kappa shape index (κ3) is 4.71. The van der Waals surface area contributed by atoms with Gasteiger partial charge in [-0.2, -0.15) is 5.26 Å². The van der Waals surface area contributed by atoms with Crippen LogP contribution in [0.5, 0.6) is 0 Å². The lowest BCUT2D eigenvalue weighted by Crippen LogP contribution is -2.48. The number of hydrazine groups is 1. The van der Waals surface area contributed by atoms with Crippen molar-refractivity contribution in [1.29, 1.82) is 5.26 Å². The van der Waals surface area contributed by atoms with E-state index in [2.05, 4.69) is 16.7 Å². The second kappa shape index (κ2) is 8.77. The zero-order valence-electron chi connectivity index (χ0n) is 15.4. The van der Waals surface area contributed by atoms with Gasteiger partial charge in [0.15, 0.2) is 0 Å². The van der Waals surface area contributed by atoms with Crippen LogP contribution >= 0.6 is 0 Å². The van der Waals surface area contributed by atoms with Gasteiger partial charge >= 0.3 is 6.03 Å². The van der Waals surface area contributed by atoms with Gasteiger partial charge in [0.25, 0.3) is 5.91 Å². The van der Waals surface area contributed by atoms with Crippen LogP contribution in [0.1, 0.15) is 17.5 Å². The van der Waals surface area contributed by atoms with Crippen molar-refractivity contribution in [3.8, 4) is 6.07 Å². The zero-order valence-corrected chi connectivity index (χ0v) is 15.4. The van der Waals surface area contributed by atoms with Crippen molar-refractivity contribution in [3.63, 3.8) is 0 Å². The minimum atomic E-state index is -0.414. The molecule has 0 bridgehead atoms. The molecule has 0 spiro atoms. The van der Waals surface area contributed by atoms with Crippen LogP contribution < -0.4 is 21.4 Å². The number of benzene rings is 2. The summed E-state index contributed by atoms with van der Waals surface area (Å²) in [6, 6.07) is 16.0. The van der Waals surface area contributed by atoms with E-state index < -0.39 is 6.03 Å². The molecule has 1 heterocycles. The first-order valence-electron chi connectivity index (χ1n) is 9.01. The quantitative estimate of drug-likeness (QED) is 0.684. The van der Waals surface area contributed by atoms with Gasteiger partial charge < -0.3 is 16.4 Å². The topological polar surface area (TPSA) is 114 Å². The SMILES string of the molecule is N#Cc1cccc(N2CCCN2C(=O)CNC(=O)NCc2ccc(N)cc2)c1. The summed E-state index contributed by atoms with van der Waals surface area (Å²) in [6.07, 6.45) is 0.825. The third-order valence-electron chi connectivity index (χ3n) is 4.43. The van der Waals surface area contributed by atoms with Crippen LogP contribution in [0.25, 0.3) is 0 Å². The molecule has 28 heavy (non-hydrogen) atoms. The maximum absolute atomic E-state index is 12.6. The summed E-state index contributed by atoms with van der Waals surface area (Å²) in [5, 5.41) is 17.8. The molecule has 4 N–H and O–H groups in total. The Labute approximate surface area is 163 Å². The number of nitrogens with one attached hydrogen (secondary N) is 2. The molecule has 0 aromatic heterocycles. The molecule has 2 aromatic carbocycles. The van der Waals surface area contributed by atoms with Crippen molar-refractivity contribution in [2.24, 2.45) is 0 Å². The molecule has 2 aromatic rings.